The lowest BCUT2D eigenvalue weighted by molar-refractivity contribution is 0.0922. The standard InChI is InChI=1S/C19H24N4O/c1-14(22-19(24)18-8-7-17(20)11-21-18)16-9-10-23(13-16)12-15-5-3-2-4-6-15/h2-8,11,14,16H,9-10,12-13,20H2,1H3,(H,22,24). The number of nitrogen functional groups attached to an aromatic ring is 1. The van der Waals surface area contributed by atoms with Crippen molar-refractivity contribution in [1.29, 1.82) is 0 Å². The second-order valence-corrected chi connectivity index (χ2v) is 6.51. The van der Waals surface area contributed by atoms with Gasteiger partial charge in [0.25, 0.3) is 5.91 Å². The van der Waals surface area contributed by atoms with Crippen molar-refractivity contribution in [3.8, 4) is 0 Å². The number of benzene rings is 1. The number of pyridine rings is 1. The number of aromatic nitrogens is 1. The highest BCUT2D eigenvalue weighted by molar-refractivity contribution is 5.92. The van der Waals surface area contributed by atoms with Gasteiger partial charge in [0.1, 0.15) is 5.69 Å². The van der Waals surface area contributed by atoms with E-state index in [-0.39, 0.29) is 11.9 Å². The third-order valence-electron chi connectivity index (χ3n) is 4.64. The number of carbonyl (C=O) groups excluding carboxylic acids is 1. The fourth-order valence-electron chi connectivity index (χ4n) is 3.19. The van der Waals surface area contributed by atoms with Gasteiger partial charge in [-0.05, 0) is 43.5 Å². The van der Waals surface area contributed by atoms with Crippen LogP contribution in [0.25, 0.3) is 0 Å². The number of nitrogens with zero attached hydrogens (tertiary/aromatic N) is 2. The molecule has 1 saturated heterocycles. The fraction of sp³-hybridized carbons (Fsp3) is 0.368. The van der Waals surface area contributed by atoms with Crippen LogP contribution in [0.3, 0.4) is 0 Å². The van der Waals surface area contributed by atoms with Crippen molar-refractivity contribution in [1.82, 2.24) is 15.2 Å². The quantitative estimate of drug-likeness (QED) is 0.885. The number of amides is 1. The van der Waals surface area contributed by atoms with Gasteiger partial charge in [0.05, 0.1) is 11.9 Å². The van der Waals surface area contributed by atoms with Gasteiger partial charge in [-0.2, -0.15) is 0 Å². The van der Waals surface area contributed by atoms with E-state index in [1.165, 1.54) is 11.8 Å². The number of nitrogens with one attached hydrogen (secondary N) is 1. The Morgan fingerprint density at radius 1 is 1.33 bits per heavy atom. The molecule has 24 heavy (non-hydrogen) atoms. The van der Waals surface area contributed by atoms with Crippen LogP contribution >= 0.6 is 0 Å². The second-order valence-electron chi connectivity index (χ2n) is 6.51. The molecule has 1 aliphatic rings. The van der Waals surface area contributed by atoms with Crippen LogP contribution in [-0.4, -0.2) is 34.9 Å². The largest absolute Gasteiger partial charge is 0.397 e. The van der Waals surface area contributed by atoms with E-state index in [0.29, 0.717) is 17.3 Å². The molecular formula is C19H24N4O. The molecule has 1 fully saturated rings. The average molecular weight is 324 g/mol. The molecule has 1 aliphatic heterocycles. The molecule has 2 atom stereocenters. The van der Waals surface area contributed by atoms with Gasteiger partial charge in [-0.1, -0.05) is 30.3 Å². The first-order valence-corrected chi connectivity index (χ1v) is 8.40. The topological polar surface area (TPSA) is 71.2 Å². The Kier molecular flexibility index (Phi) is 5.11. The van der Waals surface area contributed by atoms with Crippen LogP contribution in [0, 0.1) is 5.92 Å². The molecule has 5 heteroatoms. The molecule has 0 saturated carbocycles. The highest BCUT2D eigenvalue weighted by atomic mass is 16.1. The molecule has 126 valence electrons. The maximum atomic E-state index is 12.3. The summed E-state index contributed by atoms with van der Waals surface area (Å²) >= 11 is 0. The highest BCUT2D eigenvalue weighted by Gasteiger charge is 2.28. The molecular weight excluding hydrogens is 300 g/mol. The molecule has 0 spiro atoms. The zero-order valence-corrected chi connectivity index (χ0v) is 14.0. The van der Waals surface area contributed by atoms with E-state index >= 15 is 0 Å². The predicted octanol–water partition coefficient (Wildman–Crippen LogP) is 2.30. The highest BCUT2D eigenvalue weighted by Crippen LogP contribution is 2.21. The molecule has 0 aliphatic carbocycles. The minimum atomic E-state index is -0.135. The molecule has 3 rings (SSSR count). The van der Waals surface area contributed by atoms with Crippen LogP contribution in [0.1, 0.15) is 29.4 Å². The van der Waals surface area contributed by atoms with Gasteiger partial charge in [0.15, 0.2) is 0 Å². The number of hydrogen-bond donors (Lipinski definition) is 2. The molecule has 1 aromatic carbocycles. The number of carbonyl (C=O) groups is 1. The van der Waals surface area contributed by atoms with Crippen molar-refractivity contribution >= 4 is 11.6 Å². The first kappa shape index (κ1) is 16.5. The lowest BCUT2D eigenvalue weighted by Gasteiger charge is -2.21. The number of nitrogens with two attached hydrogens (primary N) is 1. The van der Waals surface area contributed by atoms with Crippen molar-refractivity contribution in [2.24, 2.45) is 5.92 Å². The van der Waals surface area contributed by atoms with E-state index in [1.54, 1.807) is 12.1 Å². The van der Waals surface area contributed by atoms with Gasteiger partial charge in [-0.25, -0.2) is 4.98 Å². The third kappa shape index (κ3) is 4.11. The fourth-order valence-corrected chi connectivity index (χ4v) is 3.19. The zero-order chi connectivity index (χ0) is 16.9. The Morgan fingerprint density at radius 3 is 2.83 bits per heavy atom. The molecule has 1 amide bonds. The van der Waals surface area contributed by atoms with E-state index in [9.17, 15) is 4.79 Å². The Hall–Kier alpha value is -2.40. The van der Waals surface area contributed by atoms with E-state index < -0.39 is 0 Å². The number of hydrogen-bond acceptors (Lipinski definition) is 4. The van der Waals surface area contributed by atoms with E-state index in [4.69, 9.17) is 5.73 Å². The van der Waals surface area contributed by atoms with Crippen LogP contribution in [-0.2, 0) is 6.54 Å². The Bertz CT molecular complexity index is 672. The van der Waals surface area contributed by atoms with Crippen LogP contribution < -0.4 is 11.1 Å². The minimum absolute atomic E-state index is 0.123. The summed E-state index contributed by atoms with van der Waals surface area (Å²) in [5.74, 6) is 0.329. The molecule has 2 unspecified atom stereocenters. The first-order valence-electron chi connectivity index (χ1n) is 8.40. The smallest absolute Gasteiger partial charge is 0.270 e. The van der Waals surface area contributed by atoms with E-state index in [2.05, 4.69) is 46.4 Å². The summed E-state index contributed by atoms with van der Waals surface area (Å²) in [4.78, 5) is 18.8. The molecule has 3 N–H and O–H groups in total. The summed E-state index contributed by atoms with van der Waals surface area (Å²) in [6, 6.07) is 14.0. The predicted molar refractivity (Wildman–Crippen MR) is 95.4 cm³/mol. The lowest BCUT2D eigenvalue weighted by Crippen LogP contribution is -2.39. The minimum Gasteiger partial charge on any atom is -0.397 e. The molecule has 5 nitrogen and oxygen atoms in total. The van der Waals surface area contributed by atoms with Crippen molar-refractivity contribution in [2.75, 3.05) is 18.8 Å². The SMILES string of the molecule is CC(NC(=O)c1ccc(N)cn1)C1CCN(Cc2ccccc2)C1. The van der Waals surface area contributed by atoms with Crippen molar-refractivity contribution < 1.29 is 4.79 Å². The van der Waals surface area contributed by atoms with Crippen molar-refractivity contribution in [2.45, 2.75) is 25.9 Å². The monoisotopic (exact) mass is 324 g/mol. The van der Waals surface area contributed by atoms with Gasteiger partial charge in [-0.3, -0.25) is 9.69 Å². The Balaban J connectivity index is 1.51. The van der Waals surface area contributed by atoms with Gasteiger partial charge >= 0.3 is 0 Å². The maximum Gasteiger partial charge on any atom is 0.270 e. The lowest BCUT2D eigenvalue weighted by atomic mass is 10.0. The van der Waals surface area contributed by atoms with Gasteiger partial charge in [-0.15, -0.1) is 0 Å². The molecule has 2 heterocycles. The number of rotatable bonds is 5. The van der Waals surface area contributed by atoms with Crippen molar-refractivity contribution in [3.05, 3.63) is 59.9 Å². The van der Waals surface area contributed by atoms with Crippen LogP contribution in [0.5, 0.6) is 0 Å². The Morgan fingerprint density at radius 2 is 2.12 bits per heavy atom. The molecule has 0 radical (unpaired) electrons. The van der Waals surface area contributed by atoms with Crippen LogP contribution in [0.4, 0.5) is 5.69 Å². The Labute approximate surface area is 142 Å². The molecule has 2 aromatic rings. The zero-order valence-electron chi connectivity index (χ0n) is 14.0. The summed E-state index contributed by atoms with van der Waals surface area (Å²) in [6.45, 7) is 5.12. The first-order chi connectivity index (χ1) is 11.6. The van der Waals surface area contributed by atoms with Crippen LogP contribution in [0.15, 0.2) is 48.7 Å². The van der Waals surface area contributed by atoms with Gasteiger partial charge in [0.2, 0.25) is 0 Å². The average Bonchev–Trinajstić information content (AvgIpc) is 3.05. The summed E-state index contributed by atoms with van der Waals surface area (Å²) in [6.07, 6.45) is 2.61. The maximum absolute atomic E-state index is 12.3. The number of anilines is 1. The summed E-state index contributed by atoms with van der Waals surface area (Å²) in [5.41, 5.74) is 7.91. The molecule has 1 aromatic heterocycles. The normalized spacial score (nSPS) is 19.1. The van der Waals surface area contributed by atoms with E-state index in [0.717, 1.165) is 26.1 Å². The van der Waals surface area contributed by atoms with Gasteiger partial charge in [0, 0.05) is 19.1 Å². The summed E-state index contributed by atoms with van der Waals surface area (Å²) in [7, 11) is 0. The molecule has 0 bridgehead atoms. The summed E-state index contributed by atoms with van der Waals surface area (Å²) < 4.78 is 0. The number of likely N-dealkylation sites (tertiary alicyclic amines) is 1. The van der Waals surface area contributed by atoms with E-state index in [1.807, 2.05) is 6.07 Å². The second kappa shape index (κ2) is 7.45. The third-order valence-corrected chi connectivity index (χ3v) is 4.64. The van der Waals surface area contributed by atoms with Crippen molar-refractivity contribution in [3.63, 3.8) is 0 Å². The van der Waals surface area contributed by atoms with Crippen LogP contribution in [0.2, 0.25) is 0 Å². The summed E-state index contributed by atoms with van der Waals surface area (Å²) in [5, 5.41) is 3.07. The van der Waals surface area contributed by atoms with Gasteiger partial charge < -0.3 is 11.1 Å².